The average molecular weight is 437 g/mol. The van der Waals surface area contributed by atoms with Gasteiger partial charge in [0, 0.05) is 25.2 Å². The molecule has 10 unspecified atom stereocenters. The zero-order chi connectivity index (χ0) is 22.9. The molecule has 2 N–H and O–H groups in total. The number of rotatable bonds is 3. The zero-order valence-corrected chi connectivity index (χ0v) is 19.2. The second-order valence-electron chi connectivity index (χ2n) is 10.6. The van der Waals surface area contributed by atoms with Crippen molar-refractivity contribution in [2.24, 2.45) is 35.0 Å². The van der Waals surface area contributed by atoms with Crippen molar-refractivity contribution in [2.75, 3.05) is 0 Å². The Bertz CT molecular complexity index is 778. The zero-order valence-electron chi connectivity index (χ0n) is 19.2. The molecule has 0 amide bonds. The highest BCUT2D eigenvalue weighted by molar-refractivity contribution is 5.66. The van der Waals surface area contributed by atoms with E-state index >= 15 is 0 Å². The third-order valence-electron chi connectivity index (χ3n) is 8.86. The first kappa shape index (κ1) is 22.7. The minimum atomic E-state index is -0.962. The number of carbonyl (C=O) groups is 2. The summed E-state index contributed by atoms with van der Waals surface area (Å²) in [4.78, 5) is 24.0. The van der Waals surface area contributed by atoms with Crippen LogP contribution in [0.2, 0.25) is 0 Å². The van der Waals surface area contributed by atoms with Gasteiger partial charge in [0.1, 0.15) is 6.10 Å². The number of ether oxygens (including phenoxy) is 3. The Balaban J connectivity index is 1.87. The normalized spacial score (nSPS) is 48.7. The molecule has 4 aliphatic rings. The van der Waals surface area contributed by atoms with Crippen LogP contribution < -0.4 is 0 Å². The molecule has 0 spiro atoms. The highest BCUT2D eigenvalue weighted by atomic mass is 16.7. The van der Waals surface area contributed by atoms with Crippen molar-refractivity contribution in [1.82, 2.24) is 0 Å². The first-order chi connectivity index (χ1) is 14.4. The fourth-order valence-electron chi connectivity index (χ4n) is 7.45. The van der Waals surface area contributed by atoms with Gasteiger partial charge in [-0.2, -0.15) is 0 Å². The van der Waals surface area contributed by atoms with Gasteiger partial charge in [0.2, 0.25) is 6.29 Å². The number of hydrogen-bond donors (Lipinski definition) is 2. The average Bonchev–Trinajstić information content (AvgIpc) is 3.24. The second-order valence-corrected chi connectivity index (χ2v) is 10.6. The van der Waals surface area contributed by atoms with Gasteiger partial charge >= 0.3 is 11.9 Å². The first-order valence-corrected chi connectivity index (χ1v) is 11.5. The predicted molar refractivity (Wildman–Crippen MR) is 111 cm³/mol. The third kappa shape index (κ3) is 3.18. The predicted octanol–water partition coefficient (Wildman–Crippen LogP) is 2.58. The highest BCUT2D eigenvalue weighted by Crippen LogP contribution is 2.69. The van der Waals surface area contributed by atoms with Crippen LogP contribution in [0.25, 0.3) is 0 Å². The van der Waals surface area contributed by atoms with Crippen LogP contribution in [0.3, 0.4) is 0 Å². The van der Waals surface area contributed by atoms with E-state index in [2.05, 4.69) is 20.4 Å². The molecule has 0 radical (unpaired) electrons. The molecule has 7 nitrogen and oxygen atoms in total. The fourth-order valence-corrected chi connectivity index (χ4v) is 7.45. The van der Waals surface area contributed by atoms with Gasteiger partial charge in [-0.25, -0.2) is 0 Å². The molecular formula is C24H36O7. The van der Waals surface area contributed by atoms with Crippen LogP contribution >= 0.6 is 0 Å². The Labute approximate surface area is 184 Å². The smallest absolute Gasteiger partial charge is 0.304 e. The molecule has 3 saturated carbocycles. The Morgan fingerprint density at radius 2 is 1.81 bits per heavy atom. The van der Waals surface area contributed by atoms with Crippen LogP contribution in [0.1, 0.15) is 60.3 Å². The lowest BCUT2D eigenvalue weighted by Crippen LogP contribution is -2.55. The summed E-state index contributed by atoms with van der Waals surface area (Å²) in [6, 6.07) is 0. The maximum Gasteiger partial charge on any atom is 0.304 e. The molecule has 7 heteroatoms. The fraction of sp³-hybridized carbons (Fsp3) is 0.833. The Kier molecular flexibility index (Phi) is 5.55. The lowest BCUT2D eigenvalue weighted by Gasteiger charge is -2.47. The van der Waals surface area contributed by atoms with E-state index in [9.17, 15) is 19.8 Å². The number of esters is 2. The number of aliphatic hydroxyl groups is 2. The van der Waals surface area contributed by atoms with Crippen molar-refractivity contribution < 1.29 is 34.0 Å². The first-order valence-electron chi connectivity index (χ1n) is 11.5. The Morgan fingerprint density at radius 1 is 1.16 bits per heavy atom. The molecule has 31 heavy (non-hydrogen) atoms. The standard InChI is InChI=1S/C24H36O7/c1-11(2)24-8-7-23(22(31-24)30-15(6)26)10-17-12(3)18(27)9-16(17)13(4)20(29-14(5)25)19(28)21(23)24/h11,13,16-22,27-28H,3,7-10H2,1-2,4-6H3. The maximum absolute atomic E-state index is 12.0. The summed E-state index contributed by atoms with van der Waals surface area (Å²) in [5.74, 6) is -1.34. The van der Waals surface area contributed by atoms with Crippen LogP contribution in [-0.4, -0.2) is 52.4 Å². The molecule has 10 atom stereocenters. The SMILES string of the molecule is C=C1C(O)CC2C1CC13CCC(C(C)C)(OC1OC(C)=O)C3C(O)C(OC(C)=O)C2C. The van der Waals surface area contributed by atoms with Gasteiger partial charge in [-0.15, -0.1) is 0 Å². The van der Waals surface area contributed by atoms with Crippen molar-refractivity contribution in [3.63, 3.8) is 0 Å². The van der Waals surface area contributed by atoms with E-state index in [0.717, 1.165) is 18.4 Å². The van der Waals surface area contributed by atoms with Crippen LogP contribution in [-0.2, 0) is 23.8 Å². The van der Waals surface area contributed by atoms with Crippen molar-refractivity contribution >= 4 is 11.9 Å². The van der Waals surface area contributed by atoms with E-state index in [-0.39, 0.29) is 29.6 Å². The summed E-state index contributed by atoms with van der Waals surface area (Å²) in [7, 11) is 0. The number of hydrogen-bond acceptors (Lipinski definition) is 7. The van der Waals surface area contributed by atoms with Crippen LogP contribution in [0, 0.1) is 35.0 Å². The van der Waals surface area contributed by atoms with Gasteiger partial charge in [-0.3, -0.25) is 9.59 Å². The van der Waals surface area contributed by atoms with Crippen LogP contribution in [0.15, 0.2) is 12.2 Å². The summed E-state index contributed by atoms with van der Waals surface area (Å²) < 4.78 is 17.9. The minimum absolute atomic E-state index is 0.00412. The van der Waals surface area contributed by atoms with Gasteiger partial charge in [-0.05, 0) is 54.9 Å². The molecule has 0 aromatic rings. The van der Waals surface area contributed by atoms with Crippen molar-refractivity contribution in [2.45, 2.75) is 90.5 Å². The summed E-state index contributed by atoms with van der Waals surface area (Å²) in [5.41, 5.74) is -0.522. The van der Waals surface area contributed by atoms with E-state index < -0.39 is 47.6 Å². The maximum atomic E-state index is 12.0. The van der Waals surface area contributed by atoms with Crippen molar-refractivity contribution in [3.05, 3.63) is 12.2 Å². The molecule has 4 rings (SSSR count). The molecule has 0 aromatic heterocycles. The van der Waals surface area contributed by atoms with Gasteiger partial charge in [0.05, 0.1) is 17.8 Å². The minimum Gasteiger partial charge on any atom is -0.459 e. The highest BCUT2D eigenvalue weighted by Gasteiger charge is 2.74. The van der Waals surface area contributed by atoms with E-state index in [0.29, 0.717) is 12.8 Å². The van der Waals surface area contributed by atoms with Gasteiger partial charge in [0.15, 0.2) is 0 Å². The summed E-state index contributed by atoms with van der Waals surface area (Å²) in [5, 5.41) is 22.4. The quantitative estimate of drug-likeness (QED) is 0.518. The van der Waals surface area contributed by atoms with Gasteiger partial charge in [-0.1, -0.05) is 27.4 Å². The Morgan fingerprint density at radius 3 is 2.39 bits per heavy atom. The van der Waals surface area contributed by atoms with Crippen LogP contribution in [0.4, 0.5) is 0 Å². The molecule has 1 heterocycles. The third-order valence-corrected chi connectivity index (χ3v) is 8.86. The van der Waals surface area contributed by atoms with E-state index in [4.69, 9.17) is 14.2 Å². The van der Waals surface area contributed by atoms with E-state index in [1.54, 1.807) is 0 Å². The van der Waals surface area contributed by atoms with Gasteiger partial charge < -0.3 is 24.4 Å². The van der Waals surface area contributed by atoms with Crippen molar-refractivity contribution in [1.29, 1.82) is 0 Å². The summed E-state index contributed by atoms with van der Waals surface area (Å²) >= 11 is 0. The lowest BCUT2D eigenvalue weighted by molar-refractivity contribution is -0.228. The molecule has 1 aliphatic heterocycles. The largest absolute Gasteiger partial charge is 0.459 e. The summed E-state index contributed by atoms with van der Waals surface area (Å²) in [6.45, 7) is 13.0. The monoisotopic (exact) mass is 436 g/mol. The Hall–Kier alpha value is -1.44. The number of carbonyl (C=O) groups excluding carboxylic acids is 2. The second kappa shape index (κ2) is 7.56. The number of fused-ring (bicyclic) bond motifs is 1. The lowest BCUT2D eigenvalue weighted by atomic mass is 9.59. The van der Waals surface area contributed by atoms with Crippen LogP contribution in [0.5, 0.6) is 0 Å². The molecule has 174 valence electrons. The topological polar surface area (TPSA) is 102 Å². The van der Waals surface area contributed by atoms with Crippen molar-refractivity contribution in [3.8, 4) is 0 Å². The summed E-state index contributed by atoms with van der Waals surface area (Å²) in [6.07, 6.45) is -0.496. The molecule has 1 saturated heterocycles. The molecule has 4 fully saturated rings. The number of aliphatic hydroxyl groups excluding tert-OH is 2. The molecule has 2 bridgehead atoms. The molecule has 0 aromatic carbocycles. The van der Waals surface area contributed by atoms with E-state index in [1.807, 2.05) is 6.92 Å². The van der Waals surface area contributed by atoms with Gasteiger partial charge in [0.25, 0.3) is 0 Å². The van der Waals surface area contributed by atoms with E-state index in [1.165, 1.54) is 13.8 Å². The molecular weight excluding hydrogens is 400 g/mol. The molecule has 3 aliphatic carbocycles.